The number of fused-ring (bicyclic) bond motifs is 2. The van der Waals surface area contributed by atoms with Crippen LogP contribution >= 0.6 is 0 Å². The molecule has 2 aliphatic rings. The van der Waals surface area contributed by atoms with Gasteiger partial charge in [-0.25, -0.2) is 13.7 Å². The maximum atomic E-state index is 13.8. The first-order chi connectivity index (χ1) is 22.3. The maximum Gasteiger partial charge on any atom is 0.573 e. The van der Waals surface area contributed by atoms with Gasteiger partial charge in [-0.3, -0.25) is 4.72 Å². The van der Waals surface area contributed by atoms with Gasteiger partial charge in [0.25, 0.3) is 0 Å². The van der Waals surface area contributed by atoms with Gasteiger partial charge in [0.1, 0.15) is 15.7 Å². The summed E-state index contributed by atoms with van der Waals surface area (Å²) in [4.78, 5) is 1.74. The fourth-order valence-corrected chi connectivity index (χ4v) is 8.59. The van der Waals surface area contributed by atoms with E-state index in [2.05, 4.69) is 14.2 Å². The first kappa shape index (κ1) is 32.8. The van der Waals surface area contributed by atoms with Gasteiger partial charge in [0.2, 0.25) is 0 Å². The molecule has 0 aromatic heterocycles. The van der Waals surface area contributed by atoms with Crippen LogP contribution < -0.4 is 19.1 Å². The van der Waals surface area contributed by atoms with Gasteiger partial charge in [-0.15, -0.1) is 13.2 Å². The molecule has 6 rings (SSSR count). The second-order valence-corrected chi connectivity index (χ2v) is 14.8. The molecular weight excluding hydrogens is 656 g/mol. The Morgan fingerprint density at radius 3 is 1.91 bits per heavy atom. The van der Waals surface area contributed by atoms with Gasteiger partial charge in [-0.1, -0.05) is 54.6 Å². The molecule has 4 N–H and O–H groups in total. The van der Waals surface area contributed by atoms with Crippen LogP contribution in [0.1, 0.15) is 11.1 Å². The number of halogens is 3. The SMILES string of the molecule is N=S(=O)(NC1CN(S(=O)(=O)Nc2ccccc2)CC(N2c3ccccc3CCc3ccccc32)C1O)c1ccc(OC(F)(F)F)cc1. The Kier molecular flexibility index (Phi) is 8.93. The average Bonchev–Trinajstić information content (AvgIpc) is 3.19. The van der Waals surface area contributed by atoms with Crippen LogP contribution in [0.25, 0.3) is 0 Å². The predicted octanol–water partition coefficient (Wildman–Crippen LogP) is 5.20. The number of aryl methyl sites for hydroxylation is 2. The van der Waals surface area contributed by atoms with E-state index in [-0.39, 0.29) is 18.0 Å². The van der Waals surface area contributed by atoms with Crippen LogP contribution in [0, 0.1) is 4.78 Å². The Bertz CT molecular complexity index is 1900. The van der Waals surface area contributed by atoms with Crippen molar-refractivity contribution in [2.45, 2.75) is 42.3 Å². The van der Waals surface area contributed by atoms with Crippen molar-refractivity contribution in [3.63, 3.8) is 0 Å². The molecule has 0 bridgehead atoms. The van der Waals surface area contributed by atoms with Gasteiger partial charge < -0.3 is 14.7 Å². The number of aliphatic hydroxyl groups excluding tert-OH is 1. The lowest BCUT2D eigenvalue weighted by atomic mass is 9.96. The van der Waals surface area contributed by atoms with Crippen molar-refractivity contribution in [1.82, 2.24) is 9.03 Å². The summed E-state index contributed by atoms with van der Waals surface area (Å²) in [7, 11) is -8.21. The van der Waals surface area contributed by atoms with Gasteiger partial charge >= 0.3 is 16.6 Å². The van der Waals surface area contributed by atoms with E-state index in [1.165, 1.54) is 0 Å². The molecule has 4 aromatic rings. The highest BCUT2D eigenvalue weighted by molar-refractivity contribution is 7.90. The molecule has 0 spiro atoms. The zero-order valence-corrected chi connectivity index (χ0v) is 26.4. The molecule has 0 amide bonds. The molecule has 0 aliphatic carbocycles. The van der Waals surface area contributed by atoms with Crippen molar-refractivity contribution in [1.29, 1.82) is 4.78 Å². The Morgan fingerprint density at radius 2 is 1.34 bits per heavy atom. The number of rotatable bonds is 8. The number of ether oxygens (including phenoxy) is 1. The summed E-state index contributed by atoms with van der Waals surface area (Å²) in [6.45, 7) is -0.519. The molecule has 10 nitrogen and oxygen atoms in total. The summed E-state index contributed by atoms with van der Waals surface area (Å²) in [5.74, 6) is -0.558. The van der Waals surface area contributed by atoms with E-state index in [1.54, 1.807) is 30.3 Å². The van der Waals surface area contributed by atoms with Crippen molar-refractivity contribution in [3.05, 3.63) is 114 Å². The fraction of sp³-hybridized carbons (Fsp3) is 0.250. The van der Waals surface area contributed by atoms with Crippen molar-refractivity contribution in [3.8, 4) is 5.75 Å². The Hall–Kier alpha value is -4.15. The van der Waals surface area contributed by atoms with Crippen LogP contribution in [-0.2, 0) is 33.0 Å². The molecule has 1 fully saturated rings. The first-order valence-corrected chi connectivity index (χ1v) is 17.7. The summed E-state index contributed by atoms with van der Waals surface area (Å²) in [6, 6.07) is 25.4. The topological polar surface area (TPSA) is 135 Å². The lowest BCUT2D eigenvalue weighted by Gasteiger charge is -2.46. The summed E-state index contributed by atoms with van der Waals surface area (Å²) in [6.07, 6.45) is -4.87. The number of nitrogens with one attached hydrogen (secondary N) is 3. The molecule has 4 aromatic carbocycles. The minimum absolute atomic E-state index is 0.160. The third-order valence-corrected chi connectivity index (χ3v) is 11.2. The van der Waals surface area contributed by atoms with Crippen LogP contribution in [-0.4, -0.2) is 59.7 Å². The number of para-hydroxylation sites is 3. The second kappa shape index (κ2) is 12.8. The van der Waals surface area contributed by atoms with Gasteiger partial charge in [-0.2, -0.15) is 12.7 Å². The van der Waals surface area contributed by atoms with Gasteiger partial charge in [-0.05, 0) is 72.5 Å². The third kappa shape index (κ3) is 7.23. The van der Waals surface area contributed by atoms with E-state index < -0.39 is 50.4 Å². The second-order valence-electron chi connectivity index (χ2n) is 11.3. The summed E-state index contributed by atoms with van der Waals surface area (Å²) in [5.41, 5.74) is 3.86. The van der Waals surface area contributed by atoms with Crippen LogP contribution in [0.5, 0.6) is 5.75 Å². The number of piperidine rings is 1. The summed E-state index contributed by atoms with van der Waals surface area (Å²) < 4.78 is 98.4. The number of hydrogen-bond donors (Lipinski definition) is 4. The van der Waals surface area contributed by atoms with E-state index in [1.807, 2.05) is 53.4 Å². The Morgan fingerprint density at radius 1 is 0.787 bits per heavy atom. The molecule has 47 heavy (non-hydrogen) atoms. The van der Waals surface area contributed by atoms with E-state index in [0.29, 0.717) is 18.5 Å². The maximum absolute atomic E-state index is 13.8. The number of benzene rings is 4. The molecule has 2 heterocycles. The highest BCUT2D eigenvalue weighted by atomic mass is 32.2. The largest absolute Gasteiger partial charge is 0.573 e. The summed E-state index contributed by atoms with van der Waals surface area (Å²) in [5, 5.41) is 12.0. The Labute approximate surface area is 271 Å². The van der Waals surface area contributed by atoms with Crippen molar-refractivity contribution < 1.29 is 35.6 Å². The van der Waals surface area contributed by atoms with Crippen LogP contribution in [0.15, 0.2) is 108 Å². The van der Waals surface area contributed by atoms with Crippen LogP contribution in [0.2, 0.25) is 0 Å². The van der Waals surface area contributed by atoms with E-state index in [9.17, 15) is 30.9 Å². The summed E-state index contributed by atoms with van der Waals surface area (Å²) >= 11 is 0. The zero-order valence-electron chi connectivity index (χ0n) is 24.8. The average molecular weight is 688 g/mol. The number of aliphatic hydroxyl groups is 1. The standard InChI is InChI=1S/C32H32F3N5O5S2/c33-32(34,35)45-25-16-18-26(19-17-25)46(36,42)38-27-20-39(47(43,44)37-24-10-2-1-3-11-24)21-30(31(27)41)40-28-12-6-4-8-22(28)14-15-23-9-5-7-13-29(23)40/h1-13,16-19,27,30-31,37,41H,14-15,20-21H2,(H2,36,38,42). The molecule has 15 heteroatoms. The van der Waals surface area contributed by atoms with E-state index in [4.69, 9.17) is 4.78 Å². The van der Waals surface area contributed by atoms with E-state index >= 15 is 0 Å². The van der Waals surface area contributed by atoms with E-state index in [0.717, 1.165) is 51.1 Å². The Balaban J connectivity index is 1.39. The number of anilines is 3. The quantitative estimate of drug-likeness (QED) is 0.201. The predicted molar refractivity (Wildman–Crippen MR) is 172 cm³/mol. The van der Waals surface area contributed by atoms with Crippen molar-refractivity contribution in [2.24, 2.45) is 0 Å². The minimum atomic E-state index is -4.93. The number of nitrogens with zero attached hydrogens (tertiary/aromatic N) is 2. The molecule has 0 radical (unpaired) electrons. The van der Waals surface area contributed by atoms with Gasteiger partial charge in [0, 0.05) is 30.2 Å². The third-order valence-electron chi connectivity index (χ3n) is 8.16. The lowest BCUT2D eigenvalue weighted by molar-refractivity contribution is -0.274. The minimum Gasteiger partial charge on any atom is -0.406 e. The van der Waals surface area contributed by atoms with Crippen molar-refractivity contribution >= 4 is 37.2 Å². The smallest absolute Gasteiger partial charge is 0.406 e. The van der Waals surface area contributed by atoms with Crippen molar-refractivity contribution in [2.75, 3.05) is 22.7 Å². The zero-order chi connectivity index (χ0) is 33.4. The molecule has 4 atom stereocenters. The highest BCUT2D eigenvalue weighted by Gasteiger charge is 2.45. The first-order valence-electron chi connectivity index (χ1n) is 14.7. The normalized spacial score (nSPS) is 21.5. The lowest BCUT2D eigenvalue weighted by Crippen LogP contribution is -2.66. The number of hydrogen-bond acceptors (Lipinski definition) is 7. The van der Waals surface area contributed by atoms with Crippen LogP contribution in [0.4, 0.5) is 30.2 Å². The monoisotopic (exact) mass is 687 g/mol. The molecule has 2 aliphatic heterocycles. The highest BCUT2D eigenvalue weighted by Crippen LogP contribution is 2.40. The van der Waals surface area contributed by atoms with Gasteiger partial charge in [0.15, 0.2) is 0 Å². The molecule has 4 unspecified atom stereocenters. The van der Waals surface area contributed by atoms with Gasteiger partial charge in [0.05, 0.1) is 23.1 Å². The molecule has 248 valence electrons. The molecule has 0 saturated carbocycles. The molecular formula is C32H32F3N5O5S2. The number of alkyl halides is 3. The van der Waals surface area contributed by atoms with Crippen LogP contribution in [0.3, 0.4) is 0 Å². The molecule has 1 saturated heterocycles. The fourth-order valence-electron chi connectivity index (χ4n) is 6.03.